The Morgan fingerprint density at radius 2 is 2.05 bits per heavy atom. The molecule has 0 aliphatic rings. The number of amides is 2. The fourth-order valence-electron chi connectivity index (χ4n) is 2.13. The molecule has 0 saturated heterocycles. The minimum atomic E-state index is -0.821. The van der Waals surface area contributed by atoms with Gasteiger partial charge in [0.2, 0.25) is 0 Å². The van der Waals surface area contributed by atoms with Crippen molar-refractivity contribution in [2.45, 2.75) is 46.1 Å². The van der Waals surface area contributed by atoms with Gasteiger partial charge < -0.3 is 15.3 Å². The normalized spacial score (nSPS) is 11.8. The Morgan fingerprint density at radius 3 is 2.62 bits per heavy atom. The van der Waals surface area contributed by atoms with Crippen molar-refractivity contribution in [2.75, 3.05) is 11.9 Å². The van der Waals surface area contributed by atoms with Crippen LogP contribution in [0.3, 0.4) is 0 Å². The molecular weight excluding hydrogens is 268 g/mol. The minimum absolute atomic E-state index is 0.0886. The second-order valence-corrected chi connectivity index (χ2v) is 5.07. The maximum Gasteiger partial charge on any atom is 0.322 e. The number of hydrogen-bond donors (Lipinski definition) is 2. The number of nitrogens with zero attached hydrogens (tertiary/aromatic N) is 1. The van der Waals surface area contributed by atoms with Crippen LogP contribution in [0.25, 0.3) is 0 Å². The highest BCUT2D eigenvalue weighted by Crippen LogP contribution is 2.14. The second kappa shape index (κ2) is 8.29. The number of anilines is 1. The van der Waals surface area contributed by atoms with Crippen LogP contribution in [0.15, 0.2) is 24.3 Å². The summed E-state index contributed by atoms with van der Waals surface area (Å²) in [5.74, 6) is -0.821. The van der Waals surface area contributed by atoms with Crippen molar-refractivity contribution < 1.29 is 14.7 Å². The number of carbonyl (C=O) groups excluding carboxylic acids is 1. The summed E-state index contributed by atoms with van der Waals surface area (Å²) in [7, 11) is 0. The summed E-state index contributed by atoms with van der Waals surface area (Å²) in [6.07, 6.45) is 1.45. The van der Waals surface area contributed by atoms with E-state index in [1.165, 1.54) is 0 Å². The van der Waals surface area contributed by atoms with Crippen LogP contribution in [0.5, 0.6) is 0 Å². The Hall–Kier alpha value is -2.04. The third-order valence-electron chi connectivity index (χ3n) is 3.53. The van der Waals surface area contributed by atoms with Gasteiger partial charge in [0, 0.05) is 24.7 Å². The number of carboxylic acid groups (broad SMARTS) is 1. The molecule has 0 bridgehead atoms. The van der Waals surface area contributed by atoms with Crippen molar-refractivity contribution in [1.82, 2.24) is 4.90 Å². The quantitative estimate of drug-likeness (QED) is 0.809. The molecular formula is C16H24N2O3. The molecule has 0 fully saturated rings. The molecule has 2 amide bonds. The topological polar surface area (TPSA) is 69.6 Å². The molecule has 116 valence electrons. The summed E-state index contributed by atoms with van der Waals surface area (Å²) >= 11 is 0. The van der Waals surface area contributed by atoms with Gasteiger partial charge in [-0.3, -0.25) is 4.79 Å². The Bertz CT molecular complexity index is 488. The zero-order chi connectivity index (χ0) is 15.8. The average Bonchev–Trinajstić information content (AvgIpc) is 2.46. The fraction of sp³-hybridized carbons (Fsp3) is 0.500. The summed E-state index contributed by atoms with van der Waals surface area (Å²) in [5, 5.41) is 11.6. The number of carbonyl (C=O) groups is 2. The molecule has 2 N–H and O–H groups in total. The summed E-state index contributed by atoms with van der Waals surface area (Å²) in [5.41, 5.74) is 1.60. The molecule has 21 heavy (non-hydrogen) atoms. The highest BCUT2D eigenvalue weighted by molar-refractivity contribution is 5.89. The van der Waals surface area contributed by atoms with Gasteiger partial charge in [0.05, 0.1) is 0 Å². The predicted octanol–water partition coefficient (Wildman–Crippen LogP) is 3.36. The second-order valence-electron chi connectivity index (χ2n) is 5.07. The van der Waals surface area contributed by atoms with Crippen molar-refractivity contribution in [3.63, 3.8) is 0 Å². The number of nitrogens with one attached hydrogen (secondary N) is 1. The van der Waals surface area contributed by atoms with Gasteiger partial charge in [0.25, 0.3) is 0 Å². The molecule has 1 atom stereocenters. The molecule has 1 rings (SSSR count). The van der Waals surface area contributed by atoms with Gasteiger partial charge >= 0.3 is 12.0 Å². The predicted molar refractivity (Wildman–Crippen MR) is 83.6 cm³/mol. The van der Waals surface area contributed by atoms with Crippen molar-refractivity contribution in [3.05, 3.63) is 29.8 Å². The fourth-order valence-corrected chi connectivity index (χ4v) is 2.13. The SMILES string of the molecule is CCC(C)N(CC)C(=O)Nc1cccc(CCC(=O)O)c1. The smallest absolute Gasteiger partial charge is 0.322 e. The van der Waals surface area contributed by atoms with E-state index < -0.39 is 5.97 Å². The van der Waals surface area contributed by atoms with Crippen molar-refractivity contribution in [1.29, 1.82) is 0 Å². The number of aliphatic carboxylic acids is 1. The summed E-state index contributed by atoms with van der Waals surface area (Å²) < 4.78 is 0. The lowest BCUT2D eigenvalue weighted by atomic mass is 10.1. The van der Waals surface area contributed by atoms with Gasteiger partial charge in [-0.05, 0) is 44.4 Å². The van der Waals surface area contributed by atoms with Crippen molar-refractivity contribution >= 4 is 17.7 Å². The van der Waals surface area contributed by atoms with E-state index in [1.54, 1.807) is 4.90 Å². The highest BCUT2D eigenvalue weighted by atomic mass is 16.4. The largest absolute Gasteiger partial charge is 0.481 e. The Balaban J connectivity index is 2.71. The third-order valence-corrected chi connectivity index (χ3v) is 3.53. The molecule has 0 aliphatic carbocycles. The molecule has 1 unspecified atom stereocenters. The van der Waals surface area contributed by atoms with Gasteiger partial charge in [0.1, 0.15) is 0 Å². The molecule has 0 saturated carbocycles. The van der Waals surface area contributed by atoms with E-state index in [0.29, 0.717) is 18.7 Å². The summed E-state index contributed by atoms with van der Waals surface area (Å²) in [4.78, 5) is 24.6. The molecule has 0 radical (unpaired) electrons. The van der Waals surface area contributed by atoms with E-state index >= 15 is 0 Å². The van der Waals surface area contributed by atoms with Crippen molar-refractivity contribution in [2.24, 2.45) is 0 Å². The molecule has 0 heterocycles. The van der Waals surface area contributed by atoms with Crippen LogP contribution in [0.2, 0.25) is 0 Å². The van der Waals surface area contributed by atoms with Gasteiger partial charge in [-0.25, -0.2) is 4.79 Å². The zero-order valence-corrected chi connectivity index (χ0v) is 12.9. The molecule has 0 aliphatic heterocycles. The van der Waals surface area contributed by atoms with Crippen LogP contribution in [0.1, 0.15) is 39.2 Å². The van der Waals surface area contributed by atoms with Gasteiger partial charge in [-0.15, -0.1) is 0 Å². The highest BCUT2D eigenvalue weighted by Gasteiger charge is 2.16. The molecule has 5 nitrogen and oxygen atoms in total. The lowest BCUT2D eigenvalue weighted by Gasteiger charge is -2.27. The average molecular weight is 292 g/mol. The maximum atomic E-state index is 12.2. The van der Waals surface area contributed by atoms with E-state index in [4.69, 9.17) is 5.11 Å². The van der Waals surface area contributed by atoms with Gasteiger partial charge in [-0.1, -0.05) is 19.1 Å². The van der Waals surface area contributed by atoms with Crippen LogP contribution < -0.4 is 5.32 Å². The Kier molecular flexibility index (Phi) is 6.72. The molecule has 0 aromatic heterocycles. The number of aryl methyl sites for hydroxylation is 1. The standard InChI is InChI=1S/C16H24N2O3/c1-4-12(3)18(5-2)16(21)17-14-8-6-7-13(11-14)9-10-15(19)20/h6-8,11-12H,4-5,9-10H2,1-3H3,(H,17,21)(H,19,20). The number of carboxylic acids is 1. The monoisotopic (exact) mass is 292 g/mol. The van der Waals surface area contributed by atoms with Crippen LogP contribution in [-0.2, 0) is 11.2 Å². The summed E-state index contributed by atoms with van der Waals surface area (Å²) in [6, 6.07) is 7.39. The third kappa shape index (κ3) is 5.45. The van der Waals surface area contributed by atoms with Crippen LogP contribution >= 0.6 is 0 Å². The Labute approximate surface area is 126 Å². The van der Waals surface area contributed by atoms with Crippen LogP contribution in [-0.4, -0.2) is 34.6 Å². The molecule has 1 aromatic rings. The molecule has 1 aromatic carbocycles. The van der Waals surface area contributed by atoms with Gasteiger partial charge in [-0.2, -0.15) is 0 Å². The number of rotatable bonds is 7. The molecule has 5 heteroatoms. The van der Waals surface area contributed by atoms with Gasteiger partial charge in [0.15, 0.2) is 0 Å². The lowest BCUT2D eigenvalue weighted by Crippen LogP contribution is -2.41. The van der Waals surface area contributed by atoms with E-state index in [2.05, 4.69) is 5.32 Å². The van der Waals surface area contributed by atoms with E-state index in [1.807, 2.05) is 45.0 Å². The first-order valence-corrected chi connectivity index (χ1v) is 7.36. The van der Waals surface area contributed by atoms with E-state index in [0.717, 1.165) is 12.0 Å². The number of urea groups is 1. The van der Waals surface area contributed by atoms with E-state index in [-0.39, 0.29) is 18.5 Å². The molecule has 0 spiro atoms. The zero-order valence-electron chi connectivity index (χ0n) is 12.9. The maximum absolute atomic E-state index is 12.2. The first-order valence-electron chi connectivity index (χ1n) is 7.36. The summed E-state index contributed by atoms with van der Waals surface area (Å²) in [6.45, 7) is 6.67. The van der Waals surface area contributed by atoms with Crippen molar-refractivity contribution in [3.8, 4) is 0 Å². The number of hydrogen-bond acceptors (Lipinski definition) is 2. The minimum Gasteiger partial charge on any atom is -0.481 e. The first kappa shape index (κ1) is 17.0. The van der Waals surface area contributed by atoms with Crippen LogP contribution in [0.4, 0.5) is 10.5 Å². The Morgan fingerprint density at radius 1 is 1.33 bits per heavy atom. The van der Waals surface area contributed by atoms with E-state index in [9.17, 15) is 9.59 Å². The first-order chi connectivity index (χ1) is 9.97. The number of benzene rings is 1. The van der Waals surface area contributed by atoms with Crippen LogP contribution in [0, 0.1) is 0 Å². The lowest BCUT2D eigenvalue weighted by molar-refractivity contribution is -0.136.